The number of hydrogen-bond acceptors (Lipinski definition) is 6. The number of nitrogens with one attached hydrogen (secondary N) is 2. The number of nitrogens with zero attached hydrogens (tertiary/aromatic N) is 4. The van der Waals surface area contributed by atoms with Crippen LogP contribution in [0.4, 0.5) is 5.82 Å². The first-order valence-corrected chi connectivity index (χ1v) is 11.4. The van der Waals surface area contributed by atoms with E-state index >= 15 is 0 Å². The number of anilines is 1. The third-order valence-electron chi connectivity index (χ3n) is 5.00. The lowest BCUT2D eigenvalue weighted by molar-refractivity contribution is 0.312. The maximum absolute atomic E-state index is 11.7. The molecule has 2 aliphatic rings. The molecular formula is C18H31IN6O2S. The van der Waals surface area contributed by atoms with E-state index in [0.29, 0.717) is 18.9 Å². The van der Waals surface area contributed by atoms with Crippen LogP contribution in [0.25, 0.3) is 0 Å². The third-order valence-corrected chi connectivity index (χ3v) is 6.76. The SMILES string of the molecule is CCNC(=NCc1cccnc1N1CCN(C)CC1)NC1CCS(=O)(=O)C1.I. The summed E-state index contributed by atoms with van der Waals surface area (Å²) >= 11 is 0. The Labute approximate surface area is 185 Å². The molecule has 0 bridgehead atoms. The van der Waals surface area contributed by atoms with Gasteiger partial charge in [-0.3, -0.25) is 0 Å². The molecule has 1 atom stereocenters. The van der Waals surface area contributed by atoms with Crippen molar-refractivity contribution in [1.82, 2.24) is 20.5 Å². The van der Waals surface area contributed by atoms with Gasteiger partial charge in [-0.1, -0.05) is 6.07 Å². The summed E-state index contributed by atoms with van der Waals surface area (Å²) in [7, 11) is -0.777. The van der Waals surface area contributed by atoms with E-state index in [2.05, 4.69) is 43.5 Å². The van der Waals surface area contributed by atoms with Gasteiger partial charge in [0.2, 0.25) is 0 Å². The Bertz CT molecular complexity index is 765. The molecule has 2 N–H and O–H groups in total. The van der Waals surface area contributed by atoms with Gasteiger partial charge in [-0.05, 0) is 26.5 Å². The minimum Gasteiger partial charge on any atom is -0.357 e. The van der Waals surface area contributed by atoms with Gasteiger partial charge in [0.25, 0.3) is 0 Å². The second-order valence-electron chi connectivity index (χ2n) is 7.22. The van der Waals surface area contributed by atoms with Crippen LogP contribution in [0.3, 0.4) is 0 Å². The Morgan fingerprint density at radius 1 is 1.32 bits per heavy atom. The highest BCUT2D eigenvalue weighted by Crippen LogP contribution is 2.19. The number of guanidine groups is 1. The highest BCUT2D eigenvalue weighted by atomic mass is 127. The molecule has 158 valence electrons. The molecule has 1 aromatic rings. The maximum atomic E-state index is 11.7. The standard InChI is InChI=1S/C18H30N6O2S.HI/c1-3-19-18(22-16-6-12-27(25,26)14-16)21-13-15-5-4-7-20-17(15)24-10-8-23(2)9-11-24;/h4-5,7,16H,3,6,8-14H2,1-2H3,(H2,19,21,22);1H. The third kappa shape index (κ3) is 6.45. The van der Waals surface area contributed by atoms with Crippen molar-refractivity contribution in [2.45, 2.75) is 25.9 Å². The lowest BCUT2D eigenvalue weighted by Crippen LogP contribution is -2.45. The zero-order valence-corrected chi connectivity index (χ0v) is 19.7. The van der Waals surface area contributed by atoms with E-state index in [1.165, 1.54) is 0 Å². The molecule has 0 aromatic carbocycles. The largest absolute Gasteiger partial charge is 0.357 e. The highest BCUT2D eigenvalue weighted by Gasteiger charge is 2.28. The fourth-order valence-corrected chi connectivity index (χ4v) is 5.12. The average Bonchev–Trinajstić information content (AvgIpc) is 2.99. The number of halogens is 1. The topological polar surface area (TPSA) is 89.9 Å². The van der Waals surface area contributed by atoms with Crippen LogP contribution in [0.2, 0.25) is 0 Å². The van der Waals surface area contributed by atoms with Crippen LogP contribution in [0.15, 0.2) is 23.3 Å². The number of aromatic nitrogens is 1. The van der Waals surface area contributed by atoms with Crippen molar-refractivity contribution in [3.63, 3.8) is 0 Å². The second-order valence-corrected chi connectivity index (χ2v) is 9.44. The van der Waals surface area contributed by atoms with Gasteiger partial charge < -0.3 is 20.4 Å². The summed E-state index contributed by atoms with van der Waals surface area (Å²) in [6.45, 7) is 7.21. The molecule has 0 aliphatic carbocycles. The fourth-order valence-electron chi connectivity index (χ4n) is 3.44. The lowest BCUT2D eigenvalue weighted by atomic mass is 10.2. The molecule has 3 heterocycles. The maximum Gasteiger partial charge on any atom is 0.191 e. The Hall–Kier alpha value is -1.14. The minimum atomic E-state index is -2.91. The summed E-state index contributed by atoms with van der Waals surface area (Å²) in [4.78, 5) is 13.9. The van der Waals surface area contributed by atoms with Gasteiger partial charge in [-0.25, -0.2) is 18.4 Å². The predicted octanol–water partition coefficient (Wildman–Crippen LogP) is 0.694. The average molecular weight is 522 g/mol. The Balaban J connectivity index is 0.00000280. The number of pyridine rings is 1. The van der Waals surface area contributed by atoms with Crippen molar-refractivity contribution in [2.24, 2.45) is 4.99 Å². The summed E-state index contributed by atoms with van der Waals surface area (Å²) in [6, 6.07) is 3.93. The van der Waals surface area contributed by atoms with E-state index in [0.717, 1.165) is 44.1 Å². The lowest BCUT2D eigenvalue weighted by Gasteiger charge is -2.34. The Morgan fingerprint density at radius 2 is 2.07 bits per heavy atom. The van der Waals surface area contributed by atoms with Gasteiger partial charge in [-0.15, -0.1) is 24.0 Å². The normalized spacial score (nSPS) is 22.6. The quantitative estimate of drug-likeness (QED) is 0.334. The van der Waals surface area contributed by atoms with Crippen LogP contribution in [0, 0.1) is 0 Å². The monoisotopic (exact) mass is 522 g/mol. The highest BCUT2D eigenvalue weighted by molar-refractivity contribution is 14.0. The number of piperazine rings is 1. The number of hydrogen-bond donors (Lipinski definition) is 2. The zero-order chi connectivity index (χ0) is 19.3. The van der Waals surface area contributed by atoms with Crippen LogP contribution in [0.5, 0.6) is 0 Å². The van der Waals surface area contributed by atoms with E-state index < -0.39 is 9.84 Å². The molecule has 2 aliphatic heterocycles. The van der Waals surface area contributed by atoms with Crippen LogP contribution < -0.4 is 15.5 Å². The van der Waals surface area contributed by atoms with E-state index in [-0.39, 0.29) is 41.5 Å². The van der Waals surface area contributed by atoms with Gasteiger partial charge >= 0.3 is 0 Å². The van der Waals surface area contributed by atoms with E-state index in [1.54, 1.807) is 0 Å². The predicted molar refractivity (Wildman–Crippen MR) is 124 cm³/mol. The fraction of sp³-hybridized carbons (Fsp3) is 0.667. The summed E-state index contributed by atoms with van der Waals surface area (Å²) in [5.74, 6) is 2.08. The molecule has 0 spiro atoms. The summed E-state index contributed by atoms with van der Waals surface area (Å²) in [5.41, 5.74) is 1.08. The van der Waals surface area contributed by atoms with E-state index in [9.17, 15) is 8.42 Å². The molecule has 1 aromatic heterocycles. The molecule has 3 rings (SSSR count). The zero-order valence-electron chi connectivity index (χ0n) is 16.6. The van der Waals surface area contributed by atoms with Crippen LogP contribution in [-0.4, -0.2) is 81.6 Å². The first-order chi connectivity index (χ1) is 13.0. The second kappa shape index (κ2) is 10.6. The van der Waals surface area contributed by atoms with Gasteiger partial charge in [0.1, 0.15) is 5.82 Å². The van der Waals surface area contributed by atoms with E-state index in [4.69, 9.17) is 0 Å². The van der Waals surface area contributed by atoms with Crippen LogP contribution in [0.1, 0.15) is 18.9 Å². The van der Waals surface area contributed by atoms with E-state index in [1.807, 2.05) is 19.2 Å². The summed E-state index contributed by atoms with van der Waals surface area (Å²) < 4.78 is 23.4. The van der Waals surface area contributed by atoms with Gasteiger partial charge in [0.05, 0.1) is 18.1 Å². The number of aliphatic imine (C=N–C) groups is 1. The molecule has 8 nitrogen and oxygen atoms in total. The molecule has 2 saturated heterocycles. The van der Waals surface area contributed by atoms with Crippen molar-refractivity contribution < 1.29 is 8.42 Å². The van der Waals surface area contributed by atoms with Crippen molar-refractivity contribution in [3.8, 4) is 0 Å². The smallest absolute Gasteiger partial charge is 0.191 e. The Morgan fingerprint density at radius 3 is 2.71 bits per heavy atom. The number of likely N-dealkylation sites (N-methyl/N-ethyl adjacent to an activating group) is 1. The number of rotatable bonds is 5. The van der Waals surface area contributed by atoms with Crippen molar-refractivity contribution >= 4 is 45.6 Å². The number of sulfone groups is 1. The summed E-state index contributed by atoms with van der Waals surface area (Å²) in [5, 5.41) is 6.48. The molecule has 2 fully saturated rings. The Kier molecular flexibility index (Phi) is 8.75. The van der Waals surface area contributed by atoms with Gasteiger partial charge in [0.15, 0.2) is 15.8 Å². The molecule has 0 radical (unpaired) electrons. The van der Waals surface area contributed by atoms with Crippen LogP contribution >= 0.6 is 24.0 Å². The van der Waals surface area contributed by atoms with Gasteiger partial charge in [-0.2, -0.15) is 0 Å². The van der Waals surface area contributed by atoms with Crippen molar-refractivity contribution in [2.75, 3.05) is 56.2 Å². The van der Waals surface area contributed by atoms with Crippen molar-refractivity contribution in [1.29, 1.82) is 0 Å². The molecule has 10 heteroatoms. The minimum absolute atomic E-state index is 0. The summed E-state index contributed by atoms with van der Waals surface area (Å²) in [6.07, 6.45) is 2.46. The first-order valence-electron chi connectivity index (χ1n) is 9.59. The van der Waals surface area contributed by atoms with Crippen molar-refractivity contribution in [3.05, 3.63) is 23.9 Å². The first kappa shape index (κ1) is 23.1. The molecule has 0 amide bonds. The molecular weight excluding hydrogens is 491 g/mol. The van der Waals surface area contributed by atoms with Gasteiger partial charge in [0, 0.05) is 50.5 Å². The molecule has 0 saturated carbocycles. The molecule has 28 heavy (non-hydrogen) atoms. The molecule has 1 unspecified atom stereocenters. The van der Waals surface area contributed by atoms with Crippen LogP contribution in [-0.2, 0) is 16.4 Å².